The second-order valence-electron chi connectivity index (χ2n) is 5.12. The molecule has 7 nitrogen and oxygen atoms in total. The molecule has 1 aliphatic rings. The van der Waals surface area contributed by atoms with Crippen molar-refractivity contribution < 1.29 is 13.3 Å². The molecule has 2 N–H and O–H groups in total. The van der Waals surface area contributed by atoms with E-state index in [1.807, 2.05) is 0 Å². The van der Waals surface area contributed by atoms with Crippen molar-refractivity contribution in [3.05, 3.63) is 33.3 Å². The molecule has 1 fully saturated rings. The van der Waals surface area contributed by atoms with E-state index in [1.165, 1.54) is 16.4 Å². The molecule has 0 radical (unpaired) electrons. The van der Waals surface area contributed by atoms with Crippen LogP contribution in [-0.2, 0) is 10.0 Å². The number of nitro groups is 1. The number of hydrogen-bond donors (Lipinski definition) is 1. The third-order valence-corrected chi connectivity index (χ3v) is 6.06. The minimum absolute atomic E-state index is 0.0253. The number of hydrogen-bond acceptors (Lipinski definition) is 5. The van der Waals surface area contributed by atoms with Gasteiger partial charge in [-0.15, -0.1) is 0 Å². The lowest BCUT2D eigenvalue weighted by atomic mass is 10.0. The van der Waals surface area contributed by atoms with Crippen molar-refractivity contribution in [3.63, 3.8) is 0 Å². The summed E-state index contributed by atoms with van der Waals surface area (Å²) in [6, 6.07) is 3.10. The summed E-state index contributed by atoms with van der Waals surface area (Å²) in [6.07, 6.45) is 1.10. The highest BCUT2D eigenvalue weighted by Crippen LogP contribution is 2.31. The van der Waals surface area contributed by atoms with Crippen LogP contribution in [0, 0.1) is 10.1 Å². The molecule has 1 saturated heterocycles. The Morgan fingerprint density at radius 2 is 2.14 bits per heavy atom. The fourth-order valence-corrected chi connectivity index (χ4v) is 4.63. The first kappa shape index (κ1) is 16.2. The summed E-state index contributed by atoms with van der Waals surface area (Å²) >= 11 is 5.93. The lowest BCUT2D eigenvalue weighted by Crippen LogP contribution is -2.48. The SMILES string of the molecule is CC1CC(N)CCN1S(=O)(=O)c1cc([N+](=O)[O-])ccc1Cl. The quantitative estimate of drug-likeness (QED) is 0.669. The van der Waals surface area contributed by atoms with Crippen molar-refractivity contribution in [2.24, 2.45) is 5.73 Å². The molecule has 2 rings (SSSR count). The maximum absolute atomic E-state index is 12.7. The van der Waals surface area contributed by atoms with Gasteiger partial charge >= 0.3 is 0 Å². The largest absolute Gasteiger partial charge is 0.328 e. The lowest BCUT2D eigenvalue weighted by molar-refractivity contribution is -0.385. The van der Waals surface area contributed by atoms with E-state index >= 15 is 0 Å². The average molecular weight is 334 g/mol. The van der Waals surface area contributed by atoms with Crippen LogP contribution in [-0.4, -0.2) is 36.3 Å². The highest BCUT2D eigenvalue weighted by atomic mass is 35.5. The number of nitrogens with zero attached hydrogens (tertiary/aromatic N) is 2. The van der Waals surface area contributed by atoms with Gasteiger partial charge in [-0.25, -0.2) is 8.42 Å². The predicted molar refractivity (Wildman–Crippen MR) is 78.7 cm³/mol. The van der Waals surface area contributed by atoms with E-state index in [0.29, 0.717) is 12.8 Å². The first-order valence-corrected chi connectivity index (χ1v) is 8.26. The molecule has 1 aliphatic heterocycles. The average Bonchev–Trinajstić information content (AvgIpc) is 2.38. The van der Waals surface area contributed by atoms with Gasteiger partial charge in [-0.05, 0) is 25.8 Å². The second kappa shape index (κ2) is 5.88. The Balaban J connectivity index is 2.44. The van der Waals surface area contributed by atoms with Gasteiger partial charge in [0, 0.05) is 30.8 Å². The summed E-state index contributed by atoms with van der Waals surface area (Å²) in [7, 11) is -3.88. The molecule has 1 aromatic carbocycles. The number of nitrogens with two attached hydrogens (primary N) is 1. The topological polar surface area (TPSA) is 107 Å². The molecule has 0 aliphatic carbocycles. The Hall–Kier alpha value is -1.22. The standard InChI is InChI=1S/C12H16ClN3O4S/c1-8-6-9(14)4-5-15(8)21(19,20)12-7-10(16(17)18)2-3-11(12)13/h2-3,7-9H,4-6,14H2,1H3. The van der Waals surface area contributed by atoms with Gasteiger partial charge < -0.3 is 5.73 Å². The van der Waals surface area contributed by atoms with Crippen LogP contribution in [0.1, 0.15) is 19.8 Å². The molecule has 0 amide bonds. The Morgan fingerprint density at radius 3 is 2.71 bits per heavy atom. The maximum Gasteiger partial charge on any atom is 0.270 e. The summed E-state index contributed by atoms with van der Waals surface area (Å²) < 4.78 is 26.7. The normalized spacial score (nSPS) is 24.0. The molecular formula is C12H16ClN3O4S. The summed E-state index contributed by atoms with van der Waals surface area (Å²) in [5.41, 5.74) is 5.52. The molecule has 1 aromatic rings. The summed E-state index contributed by atoms with van der Waals surface area (Å²) in [4.78, 5) is 9.93. The van der Waals surface area contributed by atoms with Gasteiger partial charge in [0.05, 0.1) is 9.95 Å². The van der Waals surface area contributed by atoms with Crippen molar-refractivity contribution in [1.29, 1.82) is 0 Å². The van der Waals surface area contributed by atoms with Gasteiger partial charge in [-0.2, -0.15) is 4.31 Å². The van der Waals surface area contributed by atoms with E-state index in [0.717, 1.165) is 6.07 Å². The van der Waals surface area contributed by atoms with Gasteiger partial charge in [-0.1, -0.05) is 11.6 Å². The number of sulfonamides is 1. The van der Waals surface area contributed by atoms with E-state index in [2.05, 4.69) is 0 Å². The van der Waals surface area contributed by atoms with Crippen molar-refractivity contribution in [2.45, 2.75) is 36.7 Å². The van der Waals surface area contributed by atoms with Crippen molar-refractivity contribution >= 4 is 27.3 Å². The molecule has 0 saturated carbocycles. The number of halogens is 1. The molecule has 2 atom stereocenters. The molecule has 0 spiro atoms. The highest BCUT2D eigenvalue weighted by molar-refractivity contribution is 7.89. The van der Waals surface area contributed by atoms with Crippen LogP contribution in [0.4, 0.5) is 5.69 Å². The molecular weight excluding hydrogens is 318 g/mol. The van der Waals surface area contributed by atoms with E-state index < -0.39 is 14.9 Å². The predicted octanol–water partition coefficient (Wildman–Crippen LogP) is 1.75. The minimum atomic E-state index is -3.88. The van der Waals surface area contributed by atoms with Crippen LogP contribution in [0.25, 0.3) is 0 Å². The number of benzene rings is 1. The fraction of sp³-hybridized carbons (Fsp3) is 0.500. The molecule has 2 unspecified atom stereocenters. The fourth-order valence-electron chi connectivity index (χ4n) is 2.47. The number of piperidine rings is 1. The molecule has 21 heavy (non-hydrogen) atoms. The van der Waals surface area contributed by atoms with Gasteiger partial charge in [0.15, 0.2) is 0 Å². The Labute approximate surface area is 127 Å². The summed E-state index contributed by atoms with van der Waals surface area (Å²) in [5.74, 6) is 0. The van der Waals surface area contributed by atoms with Crippen molar-refractivity contribution in [2.75, 3.05) is 6.54 Å². The zero-order valence-electron chi connectivity index (χ0n) is 11.4. The van der Waals surface area contributed by atoms with E-state index in [9.17, 15) is 18.5 Å². The van der Waals surface area contributed by atoms with E-state index in [1.54, 1.807) is 6.92 Å². The highest BCUT2D eigenvalue weighted by Gasteiger charge is 2.35. The van der Waals surface area contributed by atoms with Gasteiger partial charge in [0.1, 0.15) is 4.90 Å². The summed E-state index contributed by atoms with van der Waals surface area (Å²) in [6.45, 7) is 2.05. The first-order chi connectivity index (χ1) is 9.73. The second-order valence-corrected chi connectivity index (χ2v) is 7.39. The Morgan fingerprint density at radius 1 is 1.48 bits per heavy atom. The molecule has 0 aromatic heterocycles. The minimum Gasteiger partial charge on any atom is -0.328 e. The lowest BCUT2D eigenvalue weighted by Gasteiger charge is -2.35. The van der Waals surface area contributed by atoms with Crippen LogP contribution in [0.2, 0.25) is 5.02 Å². The van der Waals surface area contributed by atoms with Gasteiger partial charge in [0.2, 0.25) is 10.0 Å². The zero-order valence-corrected chi connectivity index (χ0v) is 13.0. The van der Waals surface area contributed by atoms with Gasteiger partial charge in [0.25, 0.3) is 5.69 Å². The van der Waals surface area contributed by atoms with E-state index in [-0.39, 0.29) is 34.2 Å². The van der Waals surface area contributed by atoms with Crippen LogP contribution in [0.5, 0.6) is 0 Å². The molecule has 1 heterocycles. The number of non-ortho nitro benzene ring substituents is 1. The summed E-state index contributed by atoms with van der Waals surface area (Å²) in [5, 5.41) is 10.8. The first-order valence-electron chi connectivity index (χ1n) is 6.45. The number of rotatable bonds is 3. The van der Waals surface area contributed by atoms with Crippen LogP contribution >= 0.6 is 11.6 Å². The smallest absolute Gasteiger partial charge is 0.270 e. The molecule has 9 heteroatoms. The Bertz CT molecular complexity index is 664. The van der Waals surface area contributed by atoms with E-state index in [4.69, 9.17) is 17.3 Å². The Kier molecular flexibility index (Phi) is 4.52. The zero-order chi connectivity index (χ0) is 15.8. The molecule has 0 bridgehead atoms. The van der Waals surface area contributed by atoms with Gasteiger partial charge in [-0.3, -0.25) is 10.1 Å². The monoisotopic (exact) mass is 333 g/mol. The van der Waals surface area contributed by atoms with Crippen molar-refractivity contribution in [1.82, 2.24) is 4.31 Å². The maximum atomic E-state index is 12.7. The molecule has 116 valence electrons. The third kappa shape index (κ3) is 3.18. The number of nitro benzene ring substituents is 1. The van der Waals surface area contributed by atoms with Crippen LogP contribution < -0.4 is 5.73 Å². The van der Waals surface area contributed by atoms with Crippen LogP contribution in [0.3, 0.4) is 0 Å². The van der Waals surface area contributed by atoms with Crippen molar-refractivity contribution in [3.8, 4) is 0 Å². The van der Waals surface area contributed by atoms with Crippen LogP contribution in [0.15, 0.2) is 23.1 Å². The third-order valence-electron chi connectivity index (χ3n) is 3.57.